The summed E-state index contributed by atoms with van der Waals surface area (Å²) >= 11 is 0. The zero-order valence-corrected chi connectivity index (χ0v) is 45.9. The number of amides is 1. The Morgan fingerprint density at radius 1 is 0.529 bits per heavy atom. The normalized spacial score (nSPS) is 14.5. The van der Waals surface area contributed by atoms with Gasteiger partial charge in [-0.1, -0.05) is 247 Å². The summed E-state index contributed by atoms with van der Waals surface area (Å²) in [6.45, 7) is 4.59. The van der Waals surface area contributed by atoms with Gasteiger partial charge in [-0.15, -0.1) is 0 Å². The number of likely N-dealkylation sites (N-methyl/N-ethyl adjacent to an activating group) is 1. The molecule has 0 bridgehead atoms. The minimum absolute atomic E-state index is 0.000185. The highest BCUT2D eigenvalue weighted by Crippen LogP contribution is 2.38. The van der Waals surface area contributed by atoms with Gasteiger partial charge in [-0.25, -0.2) is 0 Å². The predicted molar refractivity (Wildman–Crippen MR) is 293 cm³/mol. The number of aliphatic hydroxyl groups is 1. The Kier molecular flexibility index (Phi) is 48.4. The first kappa shape index (κ1) is 65.9. The summed E-state index contributed by atoms with van der Waals surface area (Å²) in [7, 11) is 1.27. The van der Waals surface area contributed by atoms with Crippen LogP contribution in [0.2, 0.25) is 0 Å². The minimum atomic E-state index is -4.59. The van der Waals surface area contributed by atoms with Gasteiger partial charge in [0, 0.05) is 6.42 Å². The number of phosphoric ester groups is 1. The Balaban J connectivity index is 4.26. The van der Waals surface area contributed by atoms with Gasteiger partial charge < -0.3 is 28.8 Å². The molecule has 0 saturated heterocycles. The molecule has 68 heavy (non-hydrogen) atoms. The third-order valence-corrected chi connectivity index (χ3v) is 13.4. The molecule has 3 atom stereocenters. The third kappa shape index (κ3) is 51.8. The van der Waals surface area contributed by atoms with E-state index in [1.807, 2.05) is 21.1 Å². The van der Waals surface area contributed by atoms with Crippen molar-refractivity contribution >= 4 is 13.7 Å². The van der Waals surface area contributed by atoms with Gasteiger partial charge in [0.05, 0.1) is 39.9 Å². The first-order valence-corrected chi connectivity index (χ1v) is 29.7. The van der Waals surface area contributed by atoms with Crippen molar-refractivity contribution in [1.29, 1.82) is 0 Å². The van der Waals surface area contributed by atoms with Crippen molar-refractivity contribution in [2.45, 2.75) is 257 Å². The lowest BCUT2D eigenvalue weighted by molar-refractivity contribution is -0.870. The van der Waals surface area contributed by atoms with E-state index in [1.54, 1.807) is 0 Å². The predicted octanol–water partition coefficient (Wildman–Crippen LogP) is 16.5. The maximum absolute atomic E-state index is 13.0. The Hall–Kier alpha value is -2.06. The first-order chi connectivity index (χ1) is 33.0. The molecule has 0 heterocycles. The molecule has 2 N–H and O–H groups in total. The van der Waals surface area contributed by atoms with Crippen molar-refractivity contribution in [3.63, 3.8) is 0 Å². The summed E-state index contributed by atoms with van der Waals surface area (Å²) in [4.78, 5) is 25.5. The molecule has 396 valence electrons. The standard InChI is InChI=1S/C59H109N2O6P/c1-6-8-10-12-14-16-18-20-22-24-26-28-29-30-31-33-34-36-38-40-42-44-46-48-50-52-58(62)57(56-67-68(64,65)66-55-54-61(3,4)5)60-59(63)53-51-49-47-45-43-41-39-37-35-32-27-25-23-21-19-17-15-13-11-9-7-2/h9,11,15,17,21,23,27,32,37,39,43,45,57-58,62H,6-8,10,12-14,16,18-20,22,24-26,28-31,33-36,38,40-42,44,46-56H2,1-5H3,(H-,60,63,64,65)/b11-9-,17-15-,23-21-,32-27-,39-37-,45-43-. The average molecular weight is 974 g/mol. The van der Waals surface area contributed by atoms with E-state index < -0.39 is 20.0 Å². The fourth-order valence-electron chi connectivity index (χ4n) is 8.04. The highest BCUT2D eigenvalue weighted by molar-refractivity contribution is 7.45. The monoisotopic (exact) mass is 973 g/mol. The number of quaternary nitrogens is 1. The van der Waals surface area contributed by atoms with Crippen LogP contribution in [0.1, 0.15) is 245 Å². The molecule has 8 nitrogen and oxygen atoms in total. The quantitative estimate of drug-likeness (QED) is 0.0272. The molecule has 0 rings (SSSR count). The number of hydrogen-bond acceptors (Lipinski definition) is 6. The summed E-state index contributed by atoms with van der Waals surface area (Å²) < 4.78 is 23.4. The van der Waals surface area contributed by atoms with Crippen molar-refractivity contribution in [3.05, 3.63) is 72.9 Å². The van der Waals surface area contributed by atoms with E-state index in [-0.39, 0.29) is 19.1 Å². The lowest BCUT2D eigenvalue weighted by Gasteiger charge is -2.30. The van der Waals surface area contributed by atoms with Crippen LogP contribution in [-0.2, 0) is 18.4 Å². The molecule has 1 amide bonds. The number of rotatable bonds is 51. The van der Waals surface area contributed by atoms with E-state index in [1.165, 1.54) is 141 Å². The lowest BCUT2D eigenvalue weighted by atomic mass is 10.0. The second kappa shape index (κ2) is 49.9. The second-order valence-corrected chi connectivity index (χ2v) is 21.7. The van der Waals surface area contributed by atoms with E-state index in [9.17, 15) is 19.4 Å². The number of allylic oxidation sites excluding steroid dienone is 12. The third-order valence-electron chi connectivity index (χ3n) is 12.5. The fourth-order valence-corrected chi connectivity index (χ4v) is 8.77. The van der Waals surface area contributed by atoms with Crippen LogP contribution < -0.4 is 10.2 Å². The molecule has 3 unspecified atom stereocenters. The number of nitrogens with one attached hydrogen (secondary N) is 1. The maximum Gasteiger partial charge on any atom is 0.268 e. The van der Waals surface area contributed by atoms with Crippen LogP contribution in [0.25, 0.3) is 0 Å². The van der Waals surface area contributed by atoms with E-state index in [4.69, 9.17) is 9.05 Å². The molecule has 0 radical (unpaired) electrons. The summed E-state index contributed by atoms with van der Waals surface area (Å²) in [5.41, 5.74) is 0. The SMILES string of the molecule is CC/C=C\C/C=C\C/C=C\C/C=C\C/C=C\C/C=C\CCCCC(=O)NC(COP(=O)([O-])OCC[N+](C)(C)C)C(O)CCCCCCCCCCCCCCCCCCCCCCCCCCC. The van der Waals surface area contributed by atoms with Crippen molar-refractivity contribution in [1.82, 2.24) is 5.32 Å². The Labute approximate surface area is 421 Å². The highest BCUT2D eigenvalue weighted by atomic mass is 31.2. The molecule has 0 aromatic rings. The van der Waals surface area contributed by atoms with Gasteiger partial charge in [-0.2, -0.15) is 0 Å². The lowest BCUT2D eigenvalue weighted by Crippen LogP contribution is -2.46. The van der Waals surface area contributed by atoms with Gasteiger partial charge in [0.25, 0.3) is 7.82 Å². The summed E-state index contributed by atoms with van der Waals surface area (Å²) in [5, 5.41) is 14.0. The van der Waals surface area contributed by atoms with Crippen molar-refractivity contribution in [2.75, 3.05) is 40.9 Å². The summed E-state index contributed by atoms with van der Waals surface area (Å²) in [6, 6.07) is -0.829. The Bertz CT molecular complexity index is 1330. The molecular formula is C59H109N2O6P. The minimum Gasteiger partial charge on any atom is -0.756 e. The van der Waals surface area contributed by atoms with Gasteiger partial charge in [-0.05, 0) is 64.2 Å². The van der Waals surface area contributed by atoms with Crippen LogP contribution in [0.5, 0.6) is 0 Å². The second-order valence-electron chi connectivity index (χ2n) is 20.3. The zero-order chi connectivity index (χ0) is 49.9. The van der Waals surface area contributed by atoms with E-state index >= 15 is 0 Å². The van der Waals surface area contributed by atoms with Gasteiger partial charge >= 0.3 is 0 Å². The van der Waals surface area contributed by atoms with Crippen molar-refractivity contribution in [2.24, 2.45) is 0 Å². The smallest absolute Gasteiger partial charge is 0.268 e. The molecule has 9 heteroatoms. The molecule has 0 fully saturated rings. The topological polar surface area (TPSA) is 108 Å². The average Bonchev–Trinajstić information content (AvgIpc) is 3.30. The van der Waals surface area contributed by atoms with E-state index in [2.05, 4.69) is 92.1 Å². The number of nitrogens with zero attached hydrogens (tertiary/aromatic N) is 1. The van der Waals surface area contributed by atoms with Crippen molar-refractivity contribution < 1.29 is 32.9 Å². The molecule has 0 aliphatic rings. The van der Waals surface area contributed by atoms with E-state index in [0.717, 1.165) is 70.6 Å². The van der Waals surface area contributed by atoms with Crippen molar-refractivity contribution in [3.8, 4) is 0 Å². The van der Waals surface area contributed by atoms with Crippen LogP contribution in [0, 0.1) is 0 Å². The molecule has 0 aliphatic heterocycles. The molecule has 0 aromatic heterocycles. The van der Waals surface area contributed by atoms with Crippen LogP contribution in [0.3, 0.4) is 0 Å². The van der Waals surface area contributed by atoms with Crippen LogP contribution in [0.4, 0.5) is 0 Å². The Morgan fingerprint density at radius 2 is 0.897 bits per heavy atom. The number of carbonyl (C=O) groups is 1. The number of phosphoric acid groups is 1. The molecular weight excluding hydrogens is 864 g/mol. The van der Waals surface area contributed by atoms with Crippen LogP contribution >= 0.6 is 7.82 Å². The largest absolute Gasteiger partial charge is 0.756 e. The molecule has 0 spiro atoms. The number of aliphatic hydroxyl groups excluding tert-OH is 1. The molecule has 0 saturated carbocycles. The summed E-state index contributed by atoms with van der Waals surface area (Å²) in [5.74, 6) is -0.207. The zero-order valence-electron chi connectivity index (χ0n) is 45.0. The summed E-state index contributed by atoms with van der Waals surface area (Å²) in [6.07, 6.45) is 67.9. The van der Waals surface area contributed by atoms with Gasteiger partial charge in [-0.3, -0.25) is 9.36 Å². The van der Waals surface area contributed by atoms with E-state index in [0.29, 0.717) is 30.3 Å². The maximum atomic E-state index is 13.0. The Morgan fingerprint density at radius 3 is 1.28 bits per heavy atom. The van der Waals surface area contributed by atoms with Gasteiger partial charge in [0.15, 0.2) is 0 Å². The number of carbonyl (C=O) groups excluding carboxylic acids is 1. The van der Waals surface area contributed by atoms with Gasteiger partial charge in [0.2, 0.25) is 5.91 Å². The molecule has 0 aliphatic carbocycles. The fraction of sp³-hybridized carbons (Fsp3) is 0.780. The first-order valence-electron chi connectivity index (χ1n) is 28.3. The molecule has 0 aromatic carbocycles. The number of hydrogen-bond donors (Lipinski definition) is 2. The highest BCUT2D eigenvalue weighted by Gasteiger charge is 2.24. The van der Waals surface area contributed by atoms with Crippen LogP contribution in [-0.4, -0.2) is 68.5 Å². The van der Waals surface area contributed by atoms with Gasteiger partial charge in [0.1, 0.15) is 13.2 Å². The van der Waals surface area contributed by atoms with Crippen LogP contribution in [0.15, 0.2) is 72.9 Å². The number of unbranched alkanes of at least 4 members (excludes halogenated alkanes) is 26.